The highest BCUT2D eigenvalue weighted by Crippen LogP contribution is 2.24. The van der Waals surface area contributed by atoms with Crippen LogP contribution in [0.2, 0.25) is 0 Å². The number of hydrogen-bond donors (Lipinski definition) is 2. The van der Waals surface area contributed by atoms with E-state index in [1.54, 1.807) is 18.2 Å². The third kappa shape index (κ3) is 1.90. The number of aromatic nitrogens is 2. The standard InChI is InChI=1S/C11H12FN3O/c1-16-8-2-3-9(10(12)5-8)11-4-7(6-13)14-15-11/h2-5H,6,13H2,1H3,(H,14,15). The Morgan fingerprint density at radius 3 is 2.81 bits per heavy atom. The Balaban J connectivity index is 2.40. The van der Waals surface area contributed by atoms with E-state index in [0.29, 0.717) is 23.6 Å². The number of aromatic amines is 1. The molecule has 0 amide bonds. The molecular weight excluding hydrogens is 209 g/mol. The van der Waals surface area contributed by atoms with Crippen molar-refractivity contribution >= 4 is 0 Å². The third-order valence-corrected chi connectivity index (χ3v) is 2.30. The lowest BCUT2D eigenvalue weighted by Crippen LogP contribution is -1.95. The molecule has 1 aromatic heterocycles. The lowest BCUT2D eigenvalue weighted by atomic mass is 10.1. The van der Waals surface area contributed by atoms with E-state index >= 15 is 0 Å². The second-order valence-electron chi connectivity index (χ2n) is 3.33. The van der Waals surface area contributed by atoms with Gasteiger partial charge < -0.3 is 10.5 Å². The fourth-order valence-electron chi connectivity index (χ4n) is 1.43. The van der Waals surface area contributed by atoms with Crippen LogP contribution in [0.25, 0.3) is 11.3 Å². The molecule has 84 valence electrons. The molecule has 0 aliphatic heterocycles. The Kier molecular flexibility index (Phi) is 2.87. The van der Waals surface area contributed by atoms with Crippen molar-refractivity contribution in [2.45, 2.75) is 6.54 Å². The van der Waals surface area contributed by atoms with Crippen LogP contribution in [0.4, 0.5) is 4.39 Å². The van der Waals surface area contributed by atoms with Crippen LogP contribution in [0.5, 0.6) is 5.75 Å². The van der Waals surface area contributed by atoms with E-state index in [-0.39, 0.29) is 5.82 Å². The maximum atomic E-state index is 13.7. The zero-order valence-corrected chi connectivity index (χ0v) is 8.83. The van der Waals surface area contributed by atoms with E-state index in [2.05, 4.69) is 10.2 Å². The minimum atomic E-state index is -0.366. The van der Waals surface area contributed by atoms with E-state index in [9.17, 15) is 4.39 Å². The minimum Gasteiger partial charge on any atom is -0.497 e. The number of nitrogens with one attached hydrogen (secondary N) is 1. The zero-order valence-electron chi connectivity index (χ0n) is 8.83. The maximum absolute atomic E-state index is 13.7. The Bertz CT molecular complexity index is 496. The van der Waals surface area contributed by atoms with Gasteiger partial charge in [-0.25, -0.2) is 4.39 Å². The van der Waals surface area contributed by atoms with Gasteiger partial charge in [-0.3, -0.25) is 5.10 Å². The molecule has 0 unspecified atom stereocenters. The fourth-order valence-corrected chi connectivity index (χ4v) is 1.43. The molecule has 2 rings (SSSR count). The minimum absolute atomic E-state index is 0.352. The molecule has 1 heterocycles. The second-order valence-corrected chi connectivity index (χ2v) is 3.33. The van der Waals surface area contributed by atoms with E-state index in [0.717, 1.165) is 5.69 Å². The Morgan fingerprint density at radius 2 is 2.25 bits per heavy atom. The SMILES string of the molecule is COc1ccc(-c2cc(CN)[nH]n2)c(F)c1. The van der Waals surface area contributed by atoms with E-state index < -0.39 is 0 Å². The molecule has 2 aromatic rings. The summed E-state index contributed by atoms with van der Waals surface area (Å²) in [6.45, 7) is 0.352. The first-order valence-electron chi connectivity index (χ1n) is 4.83. The van der Waals surface area contributed by atoms with Crippen molar-refractivity contribution in [1.29, 1.82) is 0 Å². The number of ether oxygens (including phenoxy) is 1. The van der Waals surface area contributed by atoms with Crippen molar-refractivity contribution in [1.82, 2.24) is 10.2 Å². The highest BCUT2D eigenvalue weighted by Gasteiger charge is 2.09. The van der Waals surface area contributed by atoms with E-state index in [4.69, 9.17) is 10.5 Å². The molecule has 3 N–H and O–H groups in total. The van der Waals surface area contributed by atoms with Gasteiger partial charge in [-0.15, -0.1) is 0 Å². The molecule has 0 aliphatic rings. The summed E-state index contributed by atoms with van der Waals surface area (Å²) >= 11 is 0. The zero-order chi connectivity index (χ0) is 11.5. The van der Waals surface area contributed by atoms with E-state index in [1.165, 1.54) is 13.2 Å². The van der Waals surface area contributed by atoms with Gasteiger partial charge in [0.05, 0.1) is 12.8 Å². The lowest BCUT2D eigenvalue weighted by Gasteiger charge is -2.02. The van der Waals surface area contributed by atoms with Gasteiger partial charge in [0.15, 0.2) is 0 Å². The molecule has 0 fully saturated rings. The summed E-state index contributed by atoms with van der Waals surface area (Å²) in [4.78, 5) is 0. The molecule has 0 spiro atoms. The molecule has 0 aliphatic carbocycles. The topological polar surface area (TPSA) is 63.9 Å². The van der Waals surface area contributed by atoms with Crippen LogP contribution in [0.1, 0.15) is 5.69 Å². The second kappa shape index (κ2) is 4.32. The van der Waals surface area contributed by atoms with Gasteiger partial charge in [0.1, 0.15) is 11.6 Å². The van der Waals surface area contributed by atoms with Gasteiger partial charge in [-0.2, -0.15) is 5.10 Å². The Hall–Kier alpha value is -1.88. The molecular formula is C11H12FN3O. The van der Waals surface area contributed by atoms with Crippen LogP contribution < -0.4 is 10.5 Å². The normalized spacial score (nSPS) is 10.4. The largest absolute Gasteiger partial charge is 0.497 e. The van der Waals surface area contributed by atoms with Crippen molar-refractivity contribution in [3.8, 4) is 17.0 Å². The third-order valence-electron chi connectivity index (χ3n) is 2.30. The van der Waals surface area contributed by atoms with Gasteiger partial charge in [0.25, 0.3) is 0 Å². The van der Waals surface area contributed by atoms with Crippen LogP contribution >= 0.6 is 0 Å². The highest BCUT2D eigenvalue weighted by molar-refractivity contribution is 5.61. The van der Waals surface area contributed by atoms with Crippen molar-refractivity contribution in [2.75, 3.05) is 7.11 Å². The molecule has 5 heteroatoms. The Labute approximate surface area is 92.2 Å². The first-order chi connectivity index (χ1) is 7.74. The van der Waals surface area contributed by atoms with Crippen molar-refractivity contribution in [3.63, 3.8) is 0 Å². The van der Waals surface area contributed by atoms with E-state index in [1.807, 2.05) is 0 Å². The number of benzene rings is 1. The van der Waals surface area contributed by atoms with Crippen LogP contribution in [-0.2, 0) is 6.54 Å². The van der Waals surface area contributed by atoms with Crippen molar-refractivity contribution in [2.24, 2.45) is 5.73 Å². The highest BCUT2D eigenvalue weighted by atomic mass is 19.1. The van der Waals surface area contributed by atoms with Gasteiger partial charge in [-0.1, -0.05) is 0 Å². The summed E-state index contributed by atoms with van der Waals surface area (Å²) < 4.78 is 18.6. The summed E-state index contributed by atoms with van der Waals surface area (Å²) in [6.07, 6.45) is 0. The molecule has 4 nitrogen and oxygen atoms in total. The summed E-state index contributed by atoms with van der Waals surface area (Å²) in [5.41, 5.74) is 7.18. The van der Waals surface area contributed by atoms with Crippen LogP contribution in [0, 0.1) is 5.82 Å². The maximum Gasteiger partial charge on any atom is 0.136 e. The number of H-pyrrole nitrogens is 1. The average molecular weight is 221 g/mol. The average Bonchev–Trinajstić information content (AvgIpc) is 2.77. The first-order valence-corrected chi connectivity index (χ1v) is 4.83. The van der Waals surface area contributed by atoms with Crippen LogP contribution in [-0.4, -0.2) is 17.3 Å². The summed E-state index contributed by atoms with van der Waals surface area (Å²) in [5.74, 6) is 0.116. The molecule has 16 heavy (non-hydrogen) atoms. The monoisotopic (exact) mass is 221 g/mol. The van der Waals surface area contributed by atoms with Crippen LogP contribution in [0.15, 0.2) is 24.3 Å². The molecule has 0 radical (unpaired) electrons. The Morgan fingerprint density at radius 1 is 1.44 bits per heavy atom. The molecule has 0 bridgehead atoms. The first kappa shape index (κ1) is 10.6. The van der Waals surface area contributed by atoms with Crippen LogP contribution in [0.3, 0.4) is 0 Å². The fraction of sp³-hybridized carbons (Fsp3) is 0.182. The number of nitrogens with two attached hydrogens (primary N) is 1. The quantitative estimate of drug-likeness (QED) is 0.828. The van der Waals surface area contributed by atoms with Gasteiger partial charge in [0, 0.05) is 23.9 Å². The number of rotatable bonds is 3. The number of halogens is 1. The molecule has 0 saturated heterocycles. The molecule has 0 atom stereocenters. The summed E-state index contributed by atoms with van der Waals surface area (Å²) in [5, 5.41) is 6.72. The summed E-state index contributed by atoms with van der Waals surface area (Å²) in [7, 11) is 1.50. The lowest BCUT2D eigenvalue weighted by molar-refractivity contribution is 0.411. The predicted octanol–water partition coefficient (Wildman–Crippen LogP) is 1.68. The predicted molar refractivity (Wildman–Crippen MR) is 58.4 cm³/mol. The van der Waals surface area contributed by atoms with Gasteiger partial charge in [-0.05, 0) is 18.2 Å². The molecule has 0 saturated carbocycles. The smallest absolute Gasteiger partial charge is 0.136 e. The van der Waals surface area contributed by atoms with Gasteiger partial charge >= 0.3 is 0 Å². The number of hydrogen-bond acceptors (Lipinski definition) is 3. The summed E-state index contributed by atoms with van der Waals surface area (Å²) in [6, 6.07) is 6.37. The van der Waals surface area contributed by atoms with Crippen molar-refractivity contribution < 1.29 is 9.13 Å². The number of nitrogens with zero attached hydrogens (tertiary/aromatic N) is 1. The van der Waals surface area contributed by atoms with Crippen molar-refractivity contribution in [3.05, 3.63) is 35.8 Å². The number of methoxy groups -OCH3 is 1. The molecule has 1 aromatic carbocycles. The van der Waals surface area contributed by atoms with Gasteiger partial charge in [0.2, 0.25) is 0 Å².